The fraction of sp³-hybridized carbons (Fsp3) is 0.0952. The summed E-state index contributed by atoms with van der Waals surface area (Å²) in [5, 5.41) is 21.7. The van der Waals surface area contributed by atoms with Crippen LogP contribution < -0.4 is 10.1 Å². The Morgan fingerprint density at radius 3 is 2.38 bits per heavy atom. The number of amides is 1. The molecule has 0 radical (unpaired) electrons. The molecular weight excluding hydrogens is 330 g/mol. The summed E-state index contributed by atoms with van der Waals surface area (Å²) in [4.78, 5) is 12.5. The van der Waals surface area contributed by atoms with E-state index in [-0.39, 0.29) is 17.4 Å². The van der Waals surface area contributed by atoms with Crippen molar-refractivity contribution in [2.75, 3.05) is 6.54 Å². The van der Waals surface area contributed by atoms with E-state index in [1.165, 1.54) is 12.1 Å². The number of hydrogen-bond acceptors (Lipinski definition) is 4. The second-order valence-corrected chi connectivity index (χ2v) is 5.74. The van der Waals surface area contributed by atoms with Gasteiger partial charge in [-0.1, -0.05) is 36.4 Å². The zero-order valence-corrected chi connectivity index (χ0v) is 14.1. The first kappa shape index (κ1) is 17.4. The van der Waals surface area contributed by atoms with Gasteiger partial charge in [0.1, 0.15) is 11.5 Å². The van der Waals surface area contributed by atoms with Crippen molar-refractivity contribution in [1.82, 2.24) is 5.32 Å². The van der Waals surface area contributed by atoms with E-state index < -0.39 is 0 Å². The summed E-state index contributed by atoms with van der Waals surface area (Å²) in [7, 11) is 0. The van der Waals surface area contributed by atoms with Gasteiger partial charge in [-0.25, -0.2) is 0 Å². The Bertz CT molecular complexity index is 894. The maximum absolute atomic E-state index is 12.5. The van der Waals surface area contributed by atoms with Crippen LogP contribution in [0, 0.1) is 0 Å². The van der Waals surface area contributed by atoms with Gasteiger partial charge in [0.25, 0.3) is 5.91 Å². The molecule has 3 N–H and O–H groups in total. The lowest BCUT2D eigenvalue weighted by Crippen LogP contribution is -2.26. The van der Waals surface area contributed by atoms with Gasteiger partial charge in [0, 0.05) is 6.54 Å². The topological polar surface area (TPSA) is 78.8 Å². The normalized spacial score (nSPS) is 10.3. The van der Waals surface area contributed by atoms with E-state index in [1.807, 2.05) is 36.4 Å². The van der Waals surface area contributed by atoms with Crippen LogP contribution in [0.3, 0.4) is 0 Å². The average Bonchev–Trinajstić information content (AvgIpc) is 2.66. The molecule has 0 saturated carbocycles. The van der Waals surface area contributed by atoms with E-state index in [0.717, 1.165) is 5.56 Å². The van der Waals surface area contributed by atoms with Crippen LogP contribution in [0.4, 0.5) is 0 Å². The molecule has 0 saturated heterocycles. The molecule has 1 amide bonds. The van der Waals surface area contributed by atoms with Crippen LogP contribution in [0.5, 0.6) is 23.0 Å². The molecule has 132 valence electrons. The number of phenolic OH excluding ortho intramolecular Hbond substituents is 2. The van der Waals surface area contributed by atoms with Crippen molar-refractivity contribution < 1.29 is 19.7 Å². The summed E-state index contributed by atoms with van der Waals surface area (Å²) in [5.74, 6) is 0.575. The average molecular weight is 349 g/mol. The first-order valence-electron chi connectivity index (χ1n) is 8.24. The fourth-order valence-electron chi connectivity index (χ4n) is 2.50. The predicted molar refractivity (Wildman–Crippen MR) is 98.8 cm³/mol. The van der Waals surface area contributed by atoms with Gasteiger partial charge in [0.2, 0.25) is 0 Å². The third-order valence-electron chi connectivity index (χ3n) is 3.84. The Morgan fingerprint density at radius 1 is 0.885 bits per heavy atom. The zero-order valence-electron chi connectivity index (χ0n) is 14.1. The lowest BCUT2D eigenvalue weighted by Gasteiger charge is -2.11. The van der Waals surface area contributed by atoms with E-state index in [1.54, 1.807) is 24.3 Å². The SMILES string of the molecule is O=C(NCCc1ccc(O)c(O)c1)c1ccccc1Oc1ccccc1. The summed E-state index contributed by atoms with van der Waals surface area (Å²) >= 11 is 0. The monoisotopic (exact) mass is 349 g/mol. The lowest BCUT2D eigenvalue weighted by molar-refractivity contribution is 0.0952. The smallest absolute Gasteiger partial charge is 0.255 e. The van der Waals surface area contributed by atoms with E-state index in [0.29, 0.717) is 30.0 Å². The summed E-state index contributed by atoms with van der Waals surface area (Å²) in [5.41, 5.74) is 1.26. The Balaban J connectivity index is 1.63. The highest BCUT2D eigenvalue weighted by atomic mass is 16.5. The molecule has 0 unspecified atom stereocenters. The van der Waals surface area contributed by atoms with Gasteiger partial charge in [-0.3, -0.25) is 4.79 Å². The van der Waals surface area contributed by atoms with Crippen LogP contribution in [-0.2, 0) is 6.42 Å². The number of ether oxygens (including phenoxy) is 1. The molecule has 3 aromatic rings. The quantitative estimate of drug-likeness (QED) is 0.591. The van der Waals surface area contributed by atoms with E-state index in [9.17, 15) is 15.0 Å². The minimum absolute atomic E-state index is 0.162. The maximum Gasteiger partial charge on any atom is 0.255 e. The van der Waals surface area contributed by atoms with Gasteiger partial charge in [-0.15, -0.1) is 0 Å². The van der Waals surface area contributed by atoms with Crippen molar-refractivity contribution in [1.29, 1.82) is 0 Å². The minimum Gasteiger partial charge on any atom is -0.504 e. The molecule has 0 fully saturated rings. The van der Waals surface area contributed by atoms with Gasteiger partial charge in [-0.05, 0) is 48.4 Å². The van der Waals surface area contributed by atoms with Crippen molar-refractivity contribution in [2.45, 2.75) is 6.42 Å². The zero-order chi connectivity index (χ0) is 18.4. The number of hydrogen-bond donors (Lipinski definition) is 3. The van der Waals surface area contributed by atoms with E-state index in [4.69, 9.17) is 4.74 Å². The highest BCUT2D eigenvalue weighted by Crippen LogP contribution is 2.26. The molecule has 0 atom stereocenters. The first-order chi connectivity index (χ1) is 12.6. The Hall–Kier alpha value is -3.47. The molecule has 0 aromatic heterocycles. The van der Waals surface area contributed by atoms with Crippen LogP contribution in [0.15, 0.2) is 72.8 Å². The van der Waals surface area contributed by atoms with Crippen LogP contribution in [0.2, 0.25) is 0 Å². The van der Waals surface area contributed by atoms with E-state index >= 15 is 0 Å². The number of phenols is 2. The third-order valence-corrected chi connectivity index (χ3v) is 3.84. The van der Waals surface area contributed by atoms with Gasteiger partial charge in [-0.2, -0.15) is 0 Å². The predicted octanol–water partition coefficient (Wildman–Crippen LogP) is 3.86. The number of carbonyl (C=O) groups excluding carboxylic acids is 1. The Morgan fingerprint density at radius 2 is 1.62 bits per heavy atom. The van der Waals surface area contributed by atoms with Gasteiger partial charge >= 0.3 is 0 Å². The molecule has 0 aliphatic rings. The van der Waals surface area contributed by atoms with Gasteiger partial charge in [0.15, 0.2) is 11.5 Å². The molecule has 0 aliphatic carbocycles. The summed E-state index contributed by atoms with van der Waals surface area (Å²) in [6, 6.07) is 20.9. The molecular formula is C21H19NO4. The number of para-hydroxylation sites is 2. The summed E-state index contributed by atoms with van der Waals surface area (Å²) in [6.45, 7) is 0.392. The van der Waals surface area contributed by atoms with Crippen LogP contribution >= 0.6 is 0 Å². The Kier molecular flexibility index (Phi) is 5.39. The number of benzene rings is 3. The number of carbonyl (C=O) groups is 1. The highest BCUT2D eigenvalue weighted by Gasteiger charge is 2.12. The third kappa shape index (κ3) is 4.33. The molecule has 3 rings (SSSR count). The molecule has 0 bridgehead atoms. The van der Waals surface area contributed by atoms with Crippen molar-refractivity contribution in [2.24, 2.45) is 0 Å². The van der Waals surface area contributed by atoms with Crippen molar-refractivity contribution >= 4 is 5.91 Å². The molecule has 0 spiro atoms. The van der Waals surface area contributed by atoms with Crippen LogP contribution in [-0.4, -0.2) is 22.7 Å². The molecule has 0 aliphatic heterocycles. The number of aromatic hydroxyl groups is 2. The van der Waals surface area contributed by atoms with Gasteiger partial charge < -0.3 is 20.3 Å². The van der Waals surface area contributed by atoms with Crippen molar-refractivity contribution in [3.8, 4) is 23.0 Å². The Labute approximate surface area is 151 Å². The molecule has 5 heteroatoms. The first-order valence-corrected chi connectivity index (χ1v) is 8.24. The second-order valence-electron chi connectivity index (χ2n) is 5.74. The number of nitrogens with one attached hydrogen (secondary N) is 1. The fourth-order valence-corrected chi connectivity index (χ4v) is 2.50. The lowest BCUT2D eigenvalue weighted by atomic mass is 10.1. The number of rotatable bonds is 6. The largest absolute Gasteiger partial charge is 0.504 e. The van der Waals surface area contributed by atoms with Gasteiger partial charge in [0.05, 0.1) is 5.56 Å². The van der Waals surface area contributed by atoms with Crippen molar-refractivity contribution in [3.63, 3.8) is 0 Å². The van der Waals surface area contributed by atoms with Crippen molar-refractivity contribution in [3.05, 3.63) is 83.9 Å². The molecule has 5 nitrogen and oxygen atoms in total. The standard InChI is InChI=1S/C21H19NO4/c23-18-11-10-15(14-19(18)24)12-13-22-21(25)17-8-4-5-9-20(17)26-16-6-2-1-3-7-16/h1-11,14,23-24H,12-13H2,(H,22,25). The summed E-state index contributed by atoms with van der Waals surface area (Å²) in [6.07, 6.45) is 0.529. The minimum atomic E-state index is -0.237. The molecule has 26 heavy (non-hydrogen) atoms. The van der Waals surface area contributed by atoms with Crippen LogP contribution in [0.25, 0.3) is 0 Å². The summed E-state index contributed by atoms with van der Waals surface area (Å²) < 4.78 is 5.80. The second kappa shape index (κ2) is 8.07. The highest BCUT2D eigenvalue weighted by molar-refractivity contribution is 5.97. The van der Waals surface area contributed by atoms with Crippen LogP contribution in [0.1, 0.15) is 15.9 Å². The maximum atomic E-state index is 12.5. The molecule has 0 heterocycles. The molecule has 3 aromatic carbocycles. The van der Waals surface area contributed by atoms with E-state index in [2.05, 4.69) is 5.32 Å².